The highest BCUT2D eigenvalue weighted by Crippen LogP contribution is 2.19. The fourth-order valence-corrected chi connectivity index (χ4v) is 1.82. The number of nitrogens with zero attached hydrogens (tertiary/aromatic N) is 2. The molecule has 92 valence electrons. The molecule has 1 fully saturated rings. The van der Waals surface area contributed by atoms with Crippen LogP contribution >= 0.6 is 0 Å². The monoisotopic (exact) mass is 237 g/mol. The number of pyridine rings is 1. The highest BCUT2D eigenvalue weighted by Gasteiger charge is 2.23. The predicted molar refractivity (Wildman–Crippen MR) is 62.0 cm³/mol. The van der Waals surface area contributed by atoms with Crippen molar-refractivity contribution in [3.05, 3.63) is 28.4 Å². The van der Waals surface area contributed by atoms with Gasteiger partial charge in [0, 0.05) is 18.7 Å². The van der Waals surface area contributed by atoms with E-state index < -0.39 is 4.92 Å². The van der Waals surface area contributed by atoms with Crippen molar-refractivity contribution < 1.29 is 9.66 Å². The van der Waals surface area contributed by atoms with Gasteiger partial charge in [0.25, 0.3) is 5.69 Å². The molecular formula is C11H15N3O3. The number of ether oxygens (including phenoxy) is 1. The molecule has 0 radical (unpaired) electrons. The summed E-state index contributed by atoms with van der Waals surface area (Å²) >= 11 is 0. The first-order valence-electron chi connectivity index (χ1n) is 5.64. The Bertz CT molecular complexity index is 393. The van der Waals surface area contributed by atoms with E-state index in [1.165, 1.54) is 12.3 Å². The Labute approximate surface area is 99.2 Å². The fraction of sp³-hybridized carbons (Fsp3) is 0.545. The van der Waals surface area contributed by atoms with Gasteiger partial charge < -0.3 is 10.1 Å². The van der Waals surface area contributed by atoms with E-state index in [1.807, 2.05) is 0 Å². The van der Waals surface area contributed by atoms with Gasteiger partial charge in [0.2, 0.25) is 5.88 Å². The minimum Gasteiger partial charge on any atom is -0.473 e. The van der Waals surface area contributed by atoms with Crippen LogP contribution in [0.3, 0.4) is 0 Å². The Kier molecular flexibility index (Phi) is 3.53. The van der Waals surface area contributed by atoms with Crippen molar-refractivity contribution in [1.82, 2.24) is 10.3 Å². The number of rotatable bonds is 3. The van der Waals surface area contributed by atoms with E-state index in [0.717, 1.165) is 19.5 Å². The van der Waals surface area contributed by atoms with Gasteiger partial charge in [0.1, 0.15) is 12.3 Å². The lowest BCUT2D eigenvalue weighted by molar-refractivity contribution is -0.385. The predicted octanol–water partition coefficient (Wildman–Crippen LogP) is 1.37. The lowest BCUT2D eigenvalue weighted by atomic mass is 9.97. The fourth-order valence-electron chi connectivity index (χ4n) is 1.82. The van der Waals surface area contributed by atoms with Gasteiger partial charge in [0.05, 0.1) is 4.92 Å². The van der Waals surface area contributed by atoms with Crippen LogP contribution in [0.4, 0.5) is 5.69 Å². The molecule has 1 aliphatic heterocycles. The lowest BCUT2D eigenvalue weighted by Crippen LogP contribution is -2.42. The Morgan fingerprint density at radius 2 is 2.41 bits per heavy atom. The molecule has 1 aliphatic rings. The van der Waals surface area contributed by atoms with Crippen LogP contribution in [0, 0.1) is 16.0 Å². The smallest absolute Gasteiger partial charge is 0.287 e. The highest BCUT2D eigenvalue weighted by atomic mass is 16.6. The van der Waals surface area contributed by atoms with Crippen LogP contribution in [0.5, 0.6) is 5.88 Å². The number of nitrogens with one attached hydrogen (secondary N) is 1. The van der Waals surface area contributed by atoms with Gasteiger partial charge in [-0.25, -0.2) is 4.98 Å². The van der Waals surface area contributed by atoms with Gasteiger partial charge in [-0.3, -0.25) is 10.1 Å². The van der Waals surface area contributed by atoms with Crippen LogP contribution < -0.4 is 10.1 Å². The first-order chi connectivity index (χ1) is 8.16. The van der Waals surface area contributed by atoms with Gasteiger partial charge in [-0.15, -0.1) is 0 Å². The molecule has 1 saturated heterocycles. The molecule has 6 nitrogen and oxygen atoms in total. The molecule has 17 heavy (non-hydrogen) atoms. The molecule has 1 N–H and O–H groups in total. The summed E-state index contributed by atoms with van der Waals surface area (Å²) in [7, 11) is 0. The zero-order valence-electron chi connectivity index (χ0n) is 9.63. The number of hydrogen-bond donors (Lipinski definition) is 1. The van der Waals surface area contributed by atoms with E-state index in [9.17, 15) is 10.1 Å². The van der Waals surface area contributed by atoms with Crippen LogP contribution in [-0.4, -0.2) is 29.1 Å². The molecule has 1 aromatic heterocycles. The molecule has 2 heterocycles. The Morgan fingerprint density at radius 1 is 1.59 bits per heavy atom. The van der Waals surface area contributed by atoms with Crippen LogP contribution in [0.25, 0.3) is 0 Å². The summed E-state index contributed by atoms with van der Waals surface area (Å²) in [5.74, 6) is 0.907. The largest absolute Gasteiger partial charge is 0.473 e. The second-order valence-corrected chi connectivity index (χ2v) is 4.24. The summed E-state index contributed by atoms with van der Waals surface area (Å²) in [6, 6.07) is 2.95. The van der Waals surface area contributed by atoms with Gasteiger partial charge >= 0.3 is 0 Å². The van der Waals surface area contributed by atoms with Gasteiger partial charge in [-0.1, -0.05) is 6.92 Å². The third kappa shape index (κ3) is 2.91. The molecular weight excluding hydrogens is 222 g/mol. The number of aromatic nitrogens is 1. The normalized spacial score (nSPS) is 24.3. The zero-order chi connectivity index (χ0) is 12.3. The summed E-state index contributed by atoms with van der Waals surface area (Å²) in [5, 5.41) is 13.7. The summed E-state index contributed by atoms with van der Waals surface area (Å²) < 4.78 is 5.71. The topological polar surface area (TPSA) is 77.3 Å². The maximum absolute atomic E-state index is 10.5. The summed E-state index contributed by atoms with van der Waals surface area (Å²) in [5.41, 5.74) is -0.0211. The molecule has 0 aliphatic carbocycles. The second-order valence-electron chi connectivity index (χ2n) is 4.24. The van der Waals surface area contributed by atoms with Crippen molar-refractivity contribution in [2.75, 3.05) is 13.1 Å². The summed E-state index contributed by atoms with van der Waals surface area (Å²) in [6.07, 6.45) is 2.37. The average Bonchev–Trinajstić information content (AvgIpc) is 2.33. The maximum Gasteiger partial charge on any atom is 0.287 e. The zero-order valence-corrected chi connectivity index (χ0v) is 9.63. The summed E-state index contributed by atoms with van der Waals surface area (Å²) in [4.78, 5) is 13.9. The van der Waals surface area contributed by atoms with E-state index in [4.69, 9.17) is 4.74 Å². The Hall–Kier alpha value is -1.69. The molecule has 0 amide bonds. The molecule has 2 rings (SSSR count). The third-order valence-corrected chi connectivity index (χ3v) is 2.96. The SMILES string of the molecule is CC1CCNCC1Oc1ccc([N+](=O)[O-])cn1. The molecule has 0 bridgehead atoms. The molecule has 2 unspecified atom stereocenters. The van der Waals surface area contributed by atoms with Crippen molar-refractivity contribution in [1.29, 1.82) is 0 Å². The Balaban J connectivity index is 2.00. The Morgan fingerprint density at radius 3 is 3.00 bits per heavy atom. The highest BCUT2D eigenvalue weighted by molar-refractivity contribution is 5.29. The van der Waals surface area contributed by atoms with Crippen molar-refractivity contribution in [3.63, 3.8) is 0 Å². The van der Waals surface area contributed by atoms with Gasteiger partial charge in [-0.05, 0) is 18.9 Å². The van der Waals surface area contributed by atoms with Crippen molar-refractivity contribution >= 4 is 5.69 Å². The standard InChI is InChI=1S/C11H15N3O3/c1-8-4-5-12-7-10(8)17-11-3-2-9(6-13-11)14(15)16/h2-3,6,8,10,12H,4-5,7H2,1H3. The van der Waals surface area contributed by atoms with Crippen molar-refractivity contribution in [3.8, 4) is 5.88 Å². The number of hydrogen-bond acceptors (Lipinski definition) is 5. The van der Waals surface area contributed by atoms with E-state index in [1.54, 1.807) is 6.07 Å². The molecule has 0 saturated carbocycles. The van der Waals surface area contributed by atoms with Crippen LogP contribution in [0.15, 0.2) is 18.3 Å². The van der Waals surface area contributed by atoms with E-state index in [0.29, 0.717) is 11.8 Å². The molecule has 2 atom stereocenters. The maximum atomic E-state index is 10.5. The van der Waals surface area contributed by atoms with Gasteiger partial charge in [0.15, 0.2) is 0 Å². The van der Waals surface area contributed by atoms with Crippen LogP contribution in [0.2, 0.25) is 0 Å². The summed E-state index contributed by atoms with van der Waals surface area (Å²) in [6.45, 7) is 3.94. The molecule has 0 spiro atoms. The second kappa shape index (κ2) is 5.09. The van der Waals surface area contributed by atoms with E-state index >= 15 is 0 Å². The van der Waals surface area contributed by atoms with E-state index in [-0.39, 0.29) is 11.8 Å². The van der Waals surface area contributed by atoms with Crippen molar-refractivity contribution in [2.45, 2.75) is 19.4 Å². The van der Waals surface area contributed by atoms with Crippen molar-refractivity contribution in [2.24, 2.45) is 5.92 Å². The third-order valence-electron chi connectivity index (χ3n) is 2.96. The first kappa shape index (κ1) is 11.8. The first-order valence-corrected chi connectivity index (χ1v) is 5.64. The molecule has 1 aromatic rings. The lowest BCUT2D eigenvalue weighted by Gasteiger charge is -2.29. The minimum absolute atomic E-state index is 0.0211. The minimum atomic E-state index is -0.471. The van der Waals surface area contributed by atoms with Crippen LogP contribution in [0.1, 0.15) is 13.3 Å². The van der Waals surface area contributed by atoms with Gasteiger partial charge in [-0.2, -0.15) is 0 Å². The molecule has 6 heteroatoms. The average molecular weight is 237 g/mol. The van der Waals surface area contributed by atoms with E-state index in [2.05, 4.69) is 17.2 Å². The van der Waals surface area contributed by atoms with Crippen LogP contribution in [-0.2, 0) is 0 Å². The number of nitro groups is 1. The quantitative estimate of drug-likeness (QED) is 0.634. The number of piperidine rings is 1. The molecule has 0 aromatic carbocycles.